The molecular formula is C23H29N7O3. The van der Waals surface area contributed by atoms with Crippen molar-refractivity contribution in [1.29, 1.82) is 0 Å². The molecule has 1 amide bonds. The molecule has 2 heterocycles. The molecule has 0 aliphatic rings. The number of nitrogens with one attached hydrogen (secondary N) is 1. The van der Waals surface area contributed by atoms with Crippen LogP contribution in [-0.2, 0) is 28.0 Å². The maximum atomic E-state index is 12.4. The molecule has 0 saturated carbocycles. The molecule has 1 N–H and O–H groups in total. The third-order valence-electron chi connectivity index (χ3n) is 4.93. The highest BCUT2D eigenvalue weighted by molar-refractivity contribution is 6.10. The van der Waals surface area contributed by atoms with E-state index in [4.69, 9.17) is 9.57 Å². The maximum Gasteiger partial charge on any atom is 0.225 e. The number of benzene rings is 1. The van der Waals surface area contributed by atoms with Gasteiger partial charge in [-0.2, -0.15) is 0 Å². The highest BCUT2D eigenvalue weighted by atomic mass is 16.6. The Bertz CT molecular complexity index is 1050. The molecule has 0 radical (unpaired) electrons. The van der Waals surface area contributed by atoms with Crippen molar-refractivity contribution < 1.29 is 14.4 Å². The zero-order valence-electron chi connectivity index (χ0n) is 19.1. The molecule has 10 nitrogen and oxygen atoms in total. The molecule has 33 heavy (non-hydrogen) atoms. The molecule has 1 unspecified atom stereocenters. The van der Waals surface area contributed by atoms with Gasteiger partial charge in [0.1, 0.15) is 5.82 Å². The third-order valence-corrected chi connectivity index (χ3v) is 4.93. The van der Waals surface area contributed by atoms with Gasteiger partial charge in [-0.1, -0.05) is 54.9 Å². The molecule has 174 valence electrons. The van der Waals surface area contributed by atoms with Crippen LogP contribution in [0.15, 0.2) is 53.7 Å². The number of hydrogen-bond acceptors (Lipinski definition) is 8. The quantitative estimate of drug-likeness (QED) is 0.332. The van der Waals surface area contributed by atoms with Crippen LogP contribution in [0.5, 0.6) is 0 Å². The van der Waals surface area contributed by atoms with Crippen molar-refractivity contribution in [3.63, 3.8) is 0 Å². The minimum atomic E-state index is -0.0914. The Hall–Kier alpha value is -3.66. The molecule has 1 atom stereocenters. The largest absolute Gasteiger partial charge is 0.389 e. The van der Waals surface area contributed by atoms with Gasteiger partial charge >= 0.3 is 0 Å². The summed E-state index contributed by atoms with van der Waals surface area (Å²) in [6, 6.07) is 14.9. The van der Waals surface area contributed by atoms with Crippen LogP contribution in [0.4, 0.5) is 5.82 Å². The first-order chi connectivity index (χ1) is 16.1. The number of rotatable bonds is 12. The Labute approximate surface area is 193 Å². The van der Waals surface area contributed by atoms with E-state index in [1.54, 1.807) is 19.2 Å². The van der Waals surface area contributed by atoms with Crippen LogP contribution in [0.2, 0.25) is 0 Å². The molecule has 0 aliphatic carbocycles. The number of carbonyl (C=O) groups excluding carboxylic acids is 1. The molecule has 0 fully saturated rings. The van der Waals surface area contributed by atoms with E-state index in [0.29, 0.717) is 42.7 Å². The lowest BCUT2D eigenvalue weighted by atomic mass is 10.0. The molecule has 0 bridgehead atoms. The van der Waals surface area contributed by atoms with Crippen molar-refractivity contribution in [3.8, 4) is 0 Å². The summed E-state index contributed by atoms with van der Waals surface area (Å²) < 4.78 is 6.97. The Balaban J connectivity index is 1.64. The van der Waals surface area contributed by atoms with Crippen LogP contribution in [0, 0.1) is 5.92 Å². The summed E-state index contributed by atoms with van der Waals surface area (Å²) in [4.78, 5) is 22.4. The number of anilines is 1. The maximum absolute atomic E-state index is 12.4. The molecule has 1 aromatic carbocycles. The normalized spacial score (nSPS) is 12.4. The monoisotopic (exact) mass is 451 g/mol. The predicted molar refractivity (Wildman–Crippen MR) is 123 cm³/mol. The second-order valence-corrected chi connectivity index (χ2v) is 7.41. The number of nitrogens with zero attached hydrogens (tertiary/aromatic N) is 6. The summed E-state index contributed by atoms with van der Waals surface area (Å²) in [6.45, 7) is 5.33. The van der Waals surface area contributed by atoms with Gasteiger partial charge in [0.2, 0.25) is 11.7 Å². The Kier molecular flexibility index (Phi) is 9.01. The van der Waals surface area contributed by atoms with E-state index in [-0.39, 0.29) is 18.4 Å². The zero-order valence-corrected chi connectivity index (χ0v) is 19.1. The average Bonchev–Trinajstić information content (AvgIpc) is 3.25. The highest BCUT2D eigenvalue weighted by Gasteiger charge is 2.15. The molecule has 3 rings (SSSR count). The standard InChI is InChI=1S/C23H29N7O3/c1-4-17(15-32-5-2)14-21(31)25-20-13-9-12-19(24-20)16-33-27-22(18-10-7-6-8-11-18)23-26-28-29-30(23)3/h6-13,17H,4-5,14-16H2,1-3H3,(H,24,25,31). The highest BCUT2D eigenvalue weighted by Crippen LogP contribution is 2.13. The van der Waals surface area contributed by atoms with E-state index < -0.39 is 0 Å². The molecule has 0 aliphatic heterocycles. The van der Waals surface area contributed by atoms with E-state index in [1.165, 1.54) is 4.68 Å². The lowest BCUT2D eigenvalue weighted by Gasteiger charge is -2.14. The first kappa shape index (κ1) is 24.0. The van der Waals surface area contributed by atoms with Crippen LogP contribution >= 0.6 is 0 Å². The van der Waals surface area contributed by atoms with Gasteiger partial charge in [0, 0.05) is 32.2 Å². The summed E-state index contributed by atoms with van der Waals surface area (Å²) in [5.74, 6) is 1.04. The molecule has 2 aromatic heterocycles. The number of ether oxygens (including phenoxy) is 1. The van der Waals surface area contributed by atoms with Gasteiger partial charge in [0.15, 0.2) is 12.3 Å². The first-order valence-electron chi connectivity index (χ1n) is 10.9. The van der Waals surface area contributed by atoms with Gasteiger partial charge in [-0.3, -0.25) is 4.79 Å². The number of carbonyl (C=O) groups is 1. The van der Waals surface area contributed by atoms with Crippen LogP contribution in [0.25, 0.3) is 0 Å². The number of aromatic nitrogens is 5. The van der Waals surface area contributed by atoms with Crippen LogP contribution in [0.1, 0.15) is 43.8 Å². The van der Waals surface area contributed by atoms with Crippen LogP contribution < -0.4 is 5.32 Å². The van der Waals surface area contributed by atoms with Crippen LogP contribution in [-0.4, -0.2) is 50.0 Å². The predicted octanol–water partition coefficient (Wildman–Crippen LogP) is 2.97. The second kappa shape index (κ2) is 12.4. The lowest BCUT2D eigenvalue weighted by molar-refractivity contribution is -0.117. The number of hydrogen-bond donors (Lipinski definition) is 1. The zero-order chi connectivity index (χ0) is 23.5. The van der Waals surface area contributed by atoms with E-state index in [2.05, 4.69) is 37.9 Å². The lowest BCUT2D eigenvalue weighted by Crippen LogP contribution is -2.20. The van der Waals surface area contributed by atoms with E-state index in [1.807, 2.05) is 43.3 Å². The Morgan fingerprint density at radius 2 is 1.97 bits per heavy atom. The molecular weight excluding hydrogens is 422 g/mol. The number of tetrazole rings is 1. The van der Waals surface area contributed by atoms with Crippen molar-refractivity contribution in [2.45, 2.75) is 33.3 Å². The summed E-state index contributed by atoms with van der Waals surface area (Å²) in [5.41, 5.74) is 1.95. The Morgan fingerprint density at radius 1 is 1.15 bits per heavy atom. The molecule has 3 aromatic rings. The van der Waals surface area contributed by atoms with E-state index >= 15 is 0 Å². The smallest absolute Gasteiger partial charge is 0.225 e. The van der Waals surface area contributed by atoms with Gasteiger partial charge in [0.05, 0.1) is 5.69 Å². The van der Waals surface area contributed by atoms with Gasteiger partial charge in [-0.15, -0.1) is 5.10 Å². The van der Waals surface area contributed by atoms with Gasteiger partial charge in [-0.25, -0.2) is 9.67 Å². The van der Waals surface area contributed by atoms with Crippen molar-refractivity contribution in [2.24, 2.45) is 18.1 Å². The second-order valence-electron chi connectivity index (χ2n) is 7.41. The van der Waals surface area contributed by atoms with Crippen molar-refractivity contribution in [2.75, 3.05) is 18.5 Å². The third kappa shape index (κ3) is 7.18. The fraction of sp³-hybridized carbons (Fsp3) is 0.391. The summed E-state index contributed by atoms with van der Waals surface area (Å²) >= 11 is 0. The van der Waals surface area contributed by atoms with Crippen molar-refractivity contribution in [3.05, 3.63) is 65.6 Å². The topological polar surface area (TPSA) is 116 Å². The fourth-order valence-corrected chi connectivity index (χ4v) is 3.10. The number of amides is 1. The van der Waals surface area contributed by atoms with Crippen LogP contribution in [0.3, 0.4) is 0 Å². The summed E-state index contributed by atoms with van der Waals surface area (Å²) in [5, 5.41) is 18.7. The van der Waals surface area contributed by atoms with Gasteiger partial charge in [-0.05, 0) is 35.4 Å². The molecule has 0 spiro atoms. The van der Waals surface area contributed by atoms with Gasteiger partial charge < -0.3 is 14.9 Å². The molecule has 10 heteroatoms. The minimum Gasteiger partial charge on any atom is -0.389 e. The fourth-order valence-electron chi connectivity index (χ4n) is 3.10. The van der Waals surface area contributed by atoms with Gasteiger partial charge in [0.25, 0.3) is 0 Å². The van der Waals surface area contributed by atoms with E-state index in [9.17, 15) is 4.79 Å². The Morgan fingerprint density at radius 3 is 2.67 bits per heavy atom. The van der Waals surface area contributed by atoms with Crippen molar-refractivity contribution in [1.82, 2.24) is 25.2 Å². The molecule has 0 saturated heterocycles. The minimum absolute atomic E-state index is 0.0914. The number of pyridine rings is 1. The number of oxime groups is 1. The SMILES string of the molecule is CCOCC(CC)CC(=O)Nc1cccc(CON=C(c2ccccc2)c2nnnn2C)n1. The summed E-state index contributed by atoms with van der Waals surface area (Å²) in [6.07, 6.45) is 1.26. The first-order valence-corrected chi connectivity index (χ1v) is 10.9. The van der Waals surface area contributed by atoms with E-state index in [0.717, 1.165) is 12.0 Å². The summed E-state index contributed by atoms with van der Waals surface area (Å²) in [7, 11) is 1.74. The average molecular weight is 452 g/mol. The van der Waals surface area contributed by atoms with Crippen molar-refractivity contribution >= 4 is 17.4 Å². The number of aryl methyl sites for hydroxylation is 1.